The summed E-state index contributed by atoms with van der Waals surface area (Å²) in [6.07, 6.45) is -0.145. The van der Waals surface area contributed by atoms with Gasteiger partial charge in [-0.3, -0.25) is 24.5 Å². The van der Waals surface area contributed by atoms with E-state index in [0.29, 0.717) is 5.56 Å². The number of nitrogens with two attached hydrogens (primary N) is 1. The first kappa shape index (κ1) is 20.1. The van der Waals surface area contributed by atoms with Gasteiger partial charge in [0.05, 0.1) is 23.9 Å². The molecule has 0 heterocycles. The lowest BCUT2D eigenvalue weighted by molar-refractivity contribution is -0.384. The SMILES string of the molecule is CCOC(=O)[C@H](C)C[C@@H](NC(=O)Cc1cccc([N+](=O)[O-])c1)C(N)=O. The van der Waals surface area contributed by atoms with Crippen molar-refractivity contribution in [2.75, 3.05) is 6.61 Å². The Balaban J connectivity index is 2.70. The Hall–Kier alpha value is -2.97. The maximum atomic E-state index is 12.1. The minimum atomic E-state index is -1.04. The number of carbonyl (C=O) groups is 3. The zero-order chi connectivity index (χ0) is 19.0. The van der Waals surface area contributed by atoms with Crippen LogP contribution < -0.4 is 11.1 Å². The van der Waals surface area contributed by atoms with Crippen LogP contribution in [0.2, 0.25) is 0 Å². The number of nitrogens with zero attached hydrogens (tertiary/aromatic N) is 1. The fraction of sp³-hybridized carbons (Fsp3) is 0.438. The summed E-state index contributed by atoms with van der Waals surface area (Å²) in [5, 5.41) is 13.2. The van der Waals surface area contributed by atoms with E-state index in [-0.39, 0.29) is 25.1 Å². The molecule has 3 N–H and O–H groups in total. The van der Waals surface area contributed by atoms with E-state index in [9.17, 15) is 24.5 Å². The summed E-state index contributed by atoms with van der Waals surface area (Å²) in [5.74, 6) is -2.40. The minimum Gasteiger partial charge on any atom is -0.466 e. The van der Waals surface area contributed by atoms with Crippen LogP contribution in [-0.2, 0) is 25.5 Å². The molecule has 0 fully saturated rings. The van der Waals surface area contributed by atoms with Gasteiger partial charge in [0.2, 0.25) is 11.8 Å². The number of nitro benzene ring substituents is 1. The highest BCUT2D eigenvalue weighted by Crippen LogP contribution is 2.14. The quantitative estimate of drug-likeness (QED) is 0.381. The normalized spacial score (nSPS) is 12.7. The summed E-state index contributed by atoms with van der Waals surface area (Å²) in [6.45, 7) is 3.45. The van der Waals surface area contributed by atoms with Crippen LogP contribution in [0.15, 0.2) is 24.3 Å². The molecule has 9 nitrogen and oxygen atoms in total. The average Bonchev–Trinajstić information content (AvgIpc) is 2.54. The molecule has 0 saturated heterocycles. The van der Waals surface area contributed by atoms with Gasteiger partial charge in [0.25, 0.3) is 5.69 Å². The molecular formula is C16H21N3O6. The summed E-state index contributed by atoms with van der Waals surface area (Å²) < 4.78 is 4.85. The molecule has 0 spiro atoms. The highest BCUT2D eigenvalue weighted by atomic mass is 16.6. The Kier molecular flexibility index (Phi) is 7.51. The summed E-state index contributed by atoms with van der Waals surface area (Å²) in [7, 11) is 0. The summed E-state index contributed by atoms with van der Waals surface area (Å²) in [4.78, 5) is 45.4. The molecule has 1 aromatic carbocycles. The zero-order valence-electron chi connectivity index (χ0n) is 14.1. The second-order valence-electron chi connectivity index (χ2n) is 5.52. The standard InChI is InChI=1S/C16H21N3O6/c1-3-25-16(22)10(2)7-13(15(17)21)18-14(20)9-11-5-4-6-12(8-11)19(23)24/h4-6,8,10,13H,3,7,9H2,1-2H3,(H2,17,21)(H,18,20)/t10-,13-/m1/s1. The van der Waals surface area contributed by atoms with Crippen LogP contribution in [0.25, 0.3) is 0 Å². The summed E-state index contributed by atoms with van der Waals surface area (Å²) >= 11 is 0. The van der Waals surface area contributed by atoms with Crippen molar-refractivity contribution in [2.45, 2.75) is 32.7 Å². The third kappa shape index (κ3) is 6.58. The average molecular weight is 351 g/mol. The predicted octanol–water partition coefficient (Wildman–Crippen LogP) is 0.697. The van der Waals surface area contributed by atoms with E-state index in [1.54, 1.807) is 19.9 Å². The van der Waals surface area contributed by atoms with Crippen LogP contribution in [0.4, 0.5) is 5.69 Å². The van der Waals surface area contributed by atoms with Gasteiger partial charge in [-0.2, -0.15) is 0 Å². The molecule has 25 heavy (non-hydrogen) atoms. The maximum absolute atomic E-state index is 12.1. The van der Waals surface area contributed by atoms with Crippen LogP contribution in [-0.4, -0.2) is 35.4 Å². The second kappa shape index (κ2) is 9.36. The zero-order valence-corrected chi connectivity index (χ0v) is 14.1. The molecule has 0 aliphatic heterocycles. The Morgan fingerprint density at radius 1 is 1.36 bits per heavy atom. The first-order valence-corrected chi connectivity index (χ1v) is 7.73. The lowest BCUT2D eigenvalue weighted by atomic mass is 10.0. The number of nitrogens with one attached hydrogen (secondary N) is 1. The van der Waals surface area contributed by atoms with Gasteiger partial charge in [-0.1, -0.05) is 19.1 Å². The molecule has 9 heteroatoms. The van der Waals surface area contributed by atoms with E-state index in [4.69, 9.17) is 10.5 Å². The number of non-ortho nitro benzene ring substituents is 1. The van der Waals surface area contributed by atoms with Crippen LogP contribution in [0.3, 0.4) is 0 Å². The molecule has 1 aromatic rings. The monoisotopic (exact) mass is 351 g/mol. The molecule has 0 saturated carbocycles. The third-order valence-corrected chi connectivity index (χ3v) is 3.44. The Morgan fingerprint density at radius 2 is 2.04 bits per heavy atom. The molecule has 0 aromatic heterocycles. The van der Waals surface area contributed by atoms with E-state index < -0.39 is 34.7 Å². The molecule has 2 atom stereocenters. The minimum absolute atomic E-state index is 0.00877. The van der Waals surface area contributed by atoms with Crippen molar-refractivity contribution >= 4 is 23.5 Å². The number of hydrogen-bond donors (Lipinski definition) is 2. The fourth-order valence-electron chi connectivity index (χ4n) is 2.19. The first-order chi connectivity index (χ1) is 11.7. The van der Waals surface area contributed by atoms with E-state index in [2.05, 4.69) is 5.32 Å². The van der Waals surface area contributed by atoms with Gasteiger partial charge in [0.15, 0.2) is 0 Å². The molecule has 136 valence electrons. The molecule has 0 radical (unpaired) electrons. The van der Waals surface area contributed by atoms with E-state index in [1.807, 2.05) is 0 Å². The third-order valence-electron chi connectivity index (χ3n) is 3.44. The first-order valence-electron chi connectivity index (χ1n) is 7.73. The molecule has 0 aliphatic carbocycles. The van der Waals surface area contributed by atoms with E-state index >= 15 is 0 Å². The number of nitro groups is 1. The number of primary amides is 1. The van der Waals surface area contributed by atoms with Crippen molar-refractivity contribution in [3.8, 4) is 0 Å². The number of amides is 2. The van der Waals surface area contributed by atoms with E-state index in [0.717, 1.165) is 0 Å². The second-order valence-corrected chi connectivity index (χ2v) is 5.52. The lowest BCUT2D eigenvalue weighted by Gasteiger charge is -2.18. The van der Waals surface area contributed by atoms with Crippen LogP contribution in [0.5, 0.6) is 0 Å². The topological polar surface area (TPSA) is 142 Å². The van der Waals surface area contributed by atoms with Crippen molar-refractivity contribution in [2.24, 2.45) is 11.7 Å². The summed E-state index contributed by atoms with van der Waals surface area (Å²) in [6, 6.07) is 4.59. The highest BCUT2D eigenvalue weighted by Gasteiger charge is 2.25. The van der Waals surface area contributed by atoms with Crippen molar-refractivity contribution in [1.29, 1.82) is 0 Å². The molecule has 0 unspecified atom stereocenters. The number of carbonyl (C=O) groups excluding carboxylic acids is 3. The van der Waals surface area contributed by atoms with Gasteiger partial charge < -0.3 is 15.8 Å². The van der Waals surface area contributed by atoms with Crippen molar-refractivity contribution in [3.63, 3.8) is 0 Å². The number of benzene rings is 1. The van der Waals surface area contributed by atoms with E-state index in [1.165, 1.54) is 18.2 Å². The Labute approximate surface area is 144 Å². The Bertz CT molecular complexity index is 661. The van der Waals surface area contributed by atoms with Crippen molar-refractivity contribution in [3.05, 3.63) is 39.9 Å². The molecule has 2 amide bonds. The largest absolute Gasteiger partial charge is 0.466 e. The highest BCUT2D eigenvalue weighted by molar-refractivity contribution is 5.88. The number of rotatable bonds is 9. The summed E-state index contributed by atoms with van der Waals surface area (Å²) in [5.41, 5.74) is 5.56. The fourth-order valence-corrected chi connectivity index (χ4v) is 2.19. The molecule has 0 aliphatic rings. The van der Waals surface area contributed by atoms with Crippen LogP contribution in [0.1, 0.15) is 25.8 Å². The molecule has 0 bridgehead atoms. The Morgan fingerprint density at radius 3 is 2.60 bits per heavy atom. The van der Waals surface area contributed by atoms with Crippen molar-refractivity contribution in [1.82, 2.24) is 5.32 Å². The number of esters is 1. The maximum Gasteiger partial charge on any atom is 0.308 e. The smallest absolute Gasteiger partial charge is 0.308 e. The van der Waals surface area contributed by atoms with Gasteiger partial charge in [-0.15, -0.1) is 0 Å². The number of ether oxygens (including phenoxy) is 1. The van der Waals surface area contributed by atoms with Crippen molar-refractivity contribution < 1.29 is 24.0 Å². The van der Waals surface area contributed by atoms with Crippen LogP contribution in [0, 0.1) is 16.0 Å². The van der Waals surface area contributed by atoms with Crippen LogP contribution >= 0.6 is 0 Å². The van der Waals surface area contributed by atoms with Gasteiger partial charge in [0.1, 0.15) is 6.04 Å². The van der Waals surface area contributed by atoms with Gasteiger partial charge in [-0.05, 0) is 18.9 Å². The lowest BCUT2D eigenvalue weighted by Crippen LogP contribution is -2.46. The predicted molar refractivity (Wildman–Crippen MR) is 88.3 cm³/mol. The van der Waals surface area contributed by atoms with Gasteiger partial charge in [-0.25, -0.2) is 0 Å². The molecular weight excluding hydrogens is 330 g/mol. The van der Waals surface area contributed by atoms with Gasteiger partial charge in [0, 0.05) is 12.1 Å². The number of hydrogen-bond acceptors (Lipinski definition) is 6. The molecule has 1 rings (SSSR count). The van der Waals surface area contributed by atoms with Gasteiger partial charge >= 0.3 is 5.97 Å².